The zero-order chi connectivity index (χ0) is 29.4. The van der Waals surface area contributed by atoms with Crippen LogP contribution in [-0.2, 0) is 26.2 Å². The SMILES string of the molecule is CCCCNC(=O)C(C)N(Cc1ccc(Cl)cc1Cl)C(=O)CN(c1ccc(Cl)c(Cl)c1)S(=O)(=O)c1ccccc1. The fourth-order valence-electron chi connectivity index (χ4n) is 3.84. The first-order valence-corrected chi connectivity index (χ1v) is 15.4. The number of anilines is 1. The summed E-state index contributed by atoms with van der Waals surface area (Å²) in [7, 11) is -4.22. The van der Waals surface area contributed by atoms with Gasteiger partial charge in [-0.1, -0.05) is 84.0 Å². The topological polar surface area (TPSA) is 86.8 Å². The van der Waals surface area contributed by atoms with Gasteiger partial charge in [0.05, 0.1) is 20.6 Å². The molecule has 0 heterocycles. The molecular formula is C28H29Cl4N3O4S. The summed E-state index contributed by atoms with van der Waals surface area (Å²) in [6, 6.07) is 15.9. The second-order valence-electron chi connectivity index (χ2n) is 9.00. The van der Waals surface area contributed by atoms with Gasteiger partial charge in [0.2, 0.25) is 11.8 Å². The average molecular weight is 645 g/mol. The highest BCUT2D eigenvalue weighted by Crippen LogP contribution is 2.31. The molecule has 1 N–H and O–H groups in total. The van der Waals surface area contributed by atoms with Crippen LogP contribution in [-0.4, -0.2) is 44.3 Å². The summed E-state index contributed by atoms with van der Waals surface area (Å²) in [4.78, 5) is 28.2. The second-order valence-corrected chi connectivity index (χ2v) is 12.5. The van der Waals surface area contributed by atoms with Gasteiger partial charge in [-0.2, -0.15) is 0 Å². The lowest BCUT2D eigenvalue weighted by atomic mass is 10.1. The van der Waals surface area contributed by atoms with Crippen molar-refractivity contribution in [1.82, 2.24) is 10.2 Å². The Morgan fingerprint density at radius 3 is 2.23 bits per heavy atom. The number of carbonyl (C=O) groups excluding carboxylic acids is 2. The number of benzene rings is 3. The molecule has 3 aromatic rings. The van der Waals surface area contributed by atoms with Crippen molar-refractivity contribution < 1.29 is 18.0 Å². The highest BCUT2D eigenvalue weighted by atomic mass is 35.5. The molecule has 1 unspecified atom stereocenters. The van der Waals surface area contributed by atoms with Gasteiger partial charge in [0.1, 0.15) is 12.6 Å². The zero-order valence-corrected chi connectivity index (χ0v) is 25.8. The molecule has 7 nitrogen and oxygen atoms in total. The summed E-state index contributed by atoms with van der Waals surface area (Å²) in [5, 5.41) is 3.90. The molecule has 3 rings (SSSR count). The van der Waals surface area contributed by atoms with Crippen LogP contribution in [0.1, 0.15) is 32.3 Å². The Labute approximate surface area is 255 Å². The molecule has 2 amide bonds. The number of nitrogens with zero attached hydrogens (tertiary/aromatic N) is 2. The van der Waals surface area contributed by atoms with Crippen molar-refractivity contribution in [3.8, 4) is 0 Å². The van der Waals surface area contributed by atoms with E-state index in [9.17, 15) is 18.0 Å². The normalized spacial score (nSPS) is 12.1. The van der Waals surface area contributed by atoms with E-state index in [-0.39, 0.29) is 33.1 Å². The van der Waals surface area contributed by atoms with Crippen LogP contribution in [0.3, 0.4) is 0 Å². The molecule has 0 aliphatic heterocycles. The van der Waals surface area contributed by atoms with Gasteiger partial charge in [0.15, 0.2) is 0 Å². The van der Waals surface area contributed by atoms with E-state index in [4.69, 9.17) is 46.4 Å². The Balaban J connectivity index is 2.03. The third kappa shape index (κ3) is 8.04. The van der Waals surface area contributed by atoms with Crippen molar-refractivity contribution in [2.45, 2.75) is 44.2 Å². The molecule has 12 heteroatoms. The lowest BCUT2D eigenvalue weighted by Gasteiger charge is -2.32. The first kappa shape index (κ1) is 32.0. The number of carbonyl (C=O) groups is 2. The molecule has 0 aromatic heterocycles. The number of sulfonamides is 1. The van der Waals surface area contributed by atoms with Crippen molar-refractivity contribution in [3.05, 3.63) is 92.4 Å². The molecule has 0 spiro atoms. The maximum atomic E-state index is 13.9. The number of nitrogens with one attached hydrogen (secondary N) is 1. The Kier molecular flexibility index (Phi) is 11.5. The van der Waals surface area contributed by atoms with Gasteiger partial charge in [-0.15, -0.1) is 0 Å². The summed E-state index contributed by atoms with van der Waals surface area (Å²) in [6.45, 7) is 3.35. The molecule has 0 aliphatic carbocycles. The van der Waals surface area contributed by atoms with Gasteiger partial charge in [-0.3, -0.25) is 13.9 Å². The van der Waals surface area contributed by atoms with Crippen molar-refractivity contribution >= 4 is 73.9 Å². The summed E-state index contributed by atoms with van der Waals surface area (Å²) >= 11 is 24.7. The number of hydrogen-bond donors (Lipinski definition) is 1. The minimum Gasteiger partial charge on any atom is -0.354 e. The monoisotopic (exact) mass is 643 g/mol. The lowest BCUT2D eigenvalue weighted by molar-refractivity contribution is -0.139. The van der Waals surface area contributed by atoms with Crippen molar-refractivity contribution in [2.24, 2.45) is 0 Å². The van der Waals surface area contributed by atoms with Gasteiger partial charge in [-0.25, -0.2) is 8.42 Å². The number of halogens is 4. The number of rotatable bonds is 12. The highest BCUT2D eigenvalue weighted by molar-refractivity contribution is 7.92. The molecule has 1 atom stereocenters. The zero-order valence-electron chi connectivity index (χ0n) is 21.9. The van der Waals surface area contributed by atoms with Crippen LogP contribution < -0.4 is 9.62 Å². The minimum atomic E-state index is -4.22. The molecule has 0 saturated carbocycles. The van der Waals surface area contributed by atoms with Gasteiger partial charge in [0, 0.05) is 23.1 Å². The predicted molar refractivity (Wildman–Crippen MR) is 162 cm³/mol. The van der Waals surface area contributed by atoms with Crippen LogP contribution in [0.4, 0.5) is 5.69 Å². The molecule has 40 heavy (non-hydrogen) atoms. The van der Waals surface area contributed by atoms with E-state index in [2.05, 4.69) is 5.32 Å². The molecule has 0 aliphatic rings. The summed E-state index contributed by atoms with van der Waals surface area (Å²) in [5.74, 6) is -1.01. The summed E-state index contributed by atoms with van der Waals surface area (Å²) < 4.78 is 28.5. The van der Waals surface area contributed by atoms with Crippen LogP contribution in [0.5, 0.6) is 0 Å². The molecular weight excluding hydrogens is 616 g/mol. The van der Waals surface area contributed by atoms with Gasteiger partial charge >= 0.3 is 0 Å². The molecule has 0 fully saturated rings. The Morgan fingerprint density at radius 2 is 1.60 bits per heavy atom. The summed E-state index contributed by atoms with van der Waals surface area (Å²) in [5.41, 5.74) is 0.677. The van der Waals surface area contributed by atoms with Crippen LogP contribution in [0, 0.1) is 0 Å². The largest absolute Gasteiger partial charge is 0.354 e. The average Bonchev–Trinajstić information content (AvgIpc) is 2.93. The molecule has 3 aromatic carbocycles. The van der Waals surface area contributed by atoms with E-state index in [0.717, 1.165) is 17.1 Å². The Bertz CT molecular complexity index is 1460. The maximum Gasteiger partial charge on any atom is 0.264 e. The maximum absolute atomic E-state index is 13.9. The second kappa shape index (κ2) is 14.4. The molecule has 0 bridgehead atoms. The minimum absolute atomic E-state index is 0.0217. The Hall–Kier alpha value is -2.49. The van der Waals surface area contributed by atoms with Crippen LogP contribution >= 0.6 is 46.4 Å². The van der Waals surface area contributed by atoms with E-state index in [1.165, 1.54) is 41.3 Å². The van der Waals surface area contributed by atoms with Crippen molar-refractivity contribution in [3.63, 3.8) is 0 Å². The predicted octanol–water partition coefficient (Wildman–Crippen LogP) is 6.83. The highest BCUT2D eigenvalue weighted by Gasteiger charge is 2.33. The van der Waals surface area contributed by atoms with Crippen LogP contribution in [0.15, 0.2) is 71.6 Å². The molecule has 0 radical (unpaired) electrons. The van der Waals surface area contributed by atoms with E-state index >= 15 is 0 Å². The van der Waals surface area contributed by atoms with Crippen LogP contribution in [0.2, 0.25) is 20.1 Å². The van der Waals surface area contributed by atoms with Gasteiger partial charge in [0.25, 0.3) is 10.0 Å². The third-order valence-electron chi connectivity index (χ3n) is 6.15. The van der Waals surface area contributed by atoms with E-state index in [1.54, 1.807) is 37.3 Å². The fourth-order valence-corrected chi connectivity index (χ4v) is 6.03. The molecule has 0 saturated heterocycles. The Morgan fingerprint density at radius 1 is 0.900 bits per heavy atom. The van der Waals surface area contributed by atoms with E-state index in [1.807, 2.05) is 6.92 Å². The fraction of sp³-hybridized carbons (Fsp3) is 0.286. The van der Waals surface area contributed by atoms with Gasteiger partial charge < -0.3 is 10.2 Å². The van der Waals surface area contributed by atoms with Crippen molar-refractivity contribution in [1.29, 1.82) is 0 Å². The van der Waals surface area contributed by atoms with E-state index < -0.39 is 28.5 Å². The quantitative estimate of drug-likeness (QED) is 0.219. The smallest absolute Gasteiger partial charge is 0.264 e. The first-order valence-electron chi connectivity index (χ1n) is 12.5. The standard InChI is InChI=1S/C28H29Cl4N3O4S/c1-3-4-14-33-28(37)19(2)34(17-20-10-11-21(29)15-25(20)31)27(36)18-35(22-12-13-24(30)26(32)16-22)40(38,39)23-8-6-5-7-9-23/h5-13,15-16,19H,3-4,14,17-18H2,1-2H3,(H,33,37). The van der Waals surface area contributed by atoms with E-state index in [0.29, 0.717) is 22.2 Å². The molecule has 214 valence electrons. The third-order valence-corrected chi connectivity index (χ3v) is 9.27. The van der Waals surface area contributed by atoms with Crippen molar-refractivity contribution in [2.75, 3.05) is 17.4 Å². The first-order chi connectivity index (χ1) is 18.9. The number of amides is 2. The van der Waals surface area contributed by atoms with Crippen LogP contribution in [0.25, 0.3) is 0 Å². The van der Waals surface area contributed by atoms with Gasteiger partial charge in [-0.05, 0) is 61.4 Å². The lowest BCUT2D eigenvalue weighted by Crippen LogP contribution is -2.51. The number of unbranched alkanes of at least 4 members (excludes halogenated alkanes) is 1. The number of hydrogen-bond acceptors (Lipinski definition) is 4. The summed E-state index contributed by atoms with van der Waals surface area (Å²) in [6.07, 6.45) is 1.66.